The van der Waals surface area contributed by atoms with Gasteiger partial charge in [0.1, 0.15) is 11.6 Å². The Balaban J connectivity index is 1.66. The van der Waals surface area contributed by atoms with Crippen LogP contribution in [0.5, 0.6) is 0 Å². The summed E-state index contributed by atoms with van der Waals surface area (Å²) < 4.78 is 15.1. The SMILES string of the molecule is Fc1cc(I)ccc1Nc1cc(-c2ccccn2)nc(NC2CCCCC2)n1. The van der Waals surface area contributed by atoms with Crippen LogP contribution in [0.1, 0.15) is 32.1 Å². The Morgan fingerprint density at radius 1 is 0.964 bits per heavy atom. The van der Waals surface area contributed by atoms with E-state index in [0.717, 1.165) is 22.1 Å². The van der Waals surface area contributed by atoms with Gasteiger partial charge in [0, 0.05) is 21.9 Å². The molecule has 1 saturated carbocycles. The van der Waals surface area contributed by atoms with Crippen LogP contribution in [-0.2, 0) is 0 Å². The Labute approximate surface area is 177 Å². The van der Waals surface area contributed by atoms with Crippen molar-refractivity contribution in [3.05, 3.63) is 58.0 Å². The number of pyridine rings is 1. The number of nitrogens with zero attached hydrogens (tertiary/aromatic N) is 3. The second kappa shape index (κ2) is 8.81. The number of anilines is 3. The van der Waals surface area contributed by atoms with Gasteiger partial charge < -0.3 is 10.6 Å². The van der Waals surface area contributed by atoms with Gasteiger partial charge in [-0.1, -0.05) is 25.3 Å². The summed E-state index contributed by atoms with van der Waals surface area (Å²) in [4.78, 5) is 13.6. The molecule has 2 aromatic heterocycles. The fourth-order valence-electron chi connectivity index (χ4n) is 3.38. The molecule has 7 heteroatoms. The van der Waals surface area contributed by atoms with E-state index in [-0.39, 0.29) is 5.82 Å². The van der Waals surface area contributed by atoms with E-state index >= 15 is 0 Å². The highest BCUT2D eigenvalue weighted by molar-refractivity contribution is 14.1. The molecule has 3 aromatic rings. The minimum Gasteiger partial charge on any atom is -0.351 e. The highest BCUT2D eigenvalue weighted by Crippen LogP contribution is 2.26. The first-order valence-corrected chi connectivity index (χ1v) is 10.5. The molecule has 0 unspecified atom stereocenters. The van der Waals surface area contributed by atoms with Crippen molar-refractivity contribution in [2.24, 2.45) is 0 Å². The molecule has 0 amide bonds. The average Bonchev–Trinajstić information content (AvgIpc) is 2.71. The Bertz CT molecular complexity index is 945. The Morgan fingerprint density at radius 2 is 1.82 bits per heavy atom. The maximum Gasteiger partial charge on any atom is 0.225 e. The van der Waals surface area contributed by atoms with Crippen LogP contribution in [0.15, 0.2) is 48.7 Å². The van der Waals surface area contributed by atoms with E-state index in [9.17, 15) is 4.39 Å². The lowest BCUT2D eigenvalue weighted by Crippen LogP contribution is -2.23. The third kappa shape index (κ3) is 4.76. The largest absolute Gasteiger partial charge is 0.351 e. The zero-order valence-corrected chi connectivity index (χ0v) is 17.5. The molecule has 4 rings (SSSR count). The number of halogens is 2. The fourth-order valence-corrected chi connectivity index (χ4v) is 3.83. The lowest BCUT2D eigenvalue weighted by atomic mass is 9.96. The number of aromatic nitrogens is 3. The predicted molar refractivity (Wildman–Crippen MR) is 118 cm³/mol. The van der Waals surface area contributed by atoms with Gasteiger partial charge in [-0.3, -0.25) is 4.98 Å². The molecular formula is C21H21FIN5. The van der Waals surface area contributed by atoms with Gasteiger partial charge in [0.15, 0.2) is 0 Å². The molecule has 1 aliphatic rings. The fraction of sp³-hybridized carbons (Fsp3) is 0.286. The first-order valence-electron chi connectivity index (χ1n) is 9.46. The molecular weight excluding hydrogens is 468 g/mol. The normalized spacial score (nSPS) is 14.6. The predicted octanol–water partition coefficient (Wildman–Crippen LogP) is 5.77. The van der Waals surface area contributed by atoms with Gasteiger partial charge >= 0.3 is 0 Å². The minimum absolute atomic E-state index is 0.313. The first-order chi connectivity index (χ1) is 13.7. The first kappa shape index (κ1) is 19.0. The second-order valence-corrected chi connectivity index (χ2v) is 8.15. The summed E-state index contributed by atoms with van der Waals surface area (Å²) in [6, 6.07) is 12.9. The summed E-state index contributed by atoms with van der Waals surface area (Å²) in [6.07, 6.45) is 7.69. The molecule has 0 bridgehead atoms. The smallest absolute Gasteiger partial charge is 0.225 e. The van der Waals surface area contributed by atoms with Crippen molar-refractivity contribution in [1.82, 2.24) is 15.0 Å². The maximum atomic E-state index is 14.3. The summed E-state index contributed by atoms with van der Waals surface area (Å²) in [7, 11) is 0. The number of benzene rings is 1. The standard InChI is InChI=1S/C21H21FIN5/c22-16-12-14(23)9-10-17(16)26-20-13-19(18-8-4-5-11-24-18)27-21(28-20)25-15-6-2-1-3-7-15/h4-5,8-13,15H,1-3,6-7H2,(H2,25,26,27,28). The summed E-state index contributed by atoms with van der Waals surface area (Å²) in [5, 5.41) is 6.55. The molecule has 0 aliphatic heterocycles. The highest BCUT2D eigenvalue weighted by Gasteiger charge is 2.16. The maximum absolute atomic E-state index is 14.3. The number of hydrogen-bond donors (Lipinski definition) is 2. The molecule has 28 heavy (non-hydrogen) atoms. The van der Waals surface area contributed by atoms with Crippen molar-refractivity contribution in [3.63, 3.8) is 0 Å². The lowest BCUT2D eigenvalue weighted by Gasteiger charge is -2.23. The molecule has 144 valence electrons. The van der Waals surface area contributed by atoms with Crippen molar-refractivity contribution in [2.45, 2.75) is 38.1 Å². The summed E-state index contributed by atoms with van der Waals surface area (Å²) in [5.41, 5.74) is 1.83. The van der Waals surface area contributed by atoms with E-state index in [1.807, 2.05) is 24.3 Å². The van der Waals surface area contributed by atoms with Crippen LogP contribution in [0.4, 0.5) is 21.8 Å². The Kier molecular flexibility index (Phi) is 5.99. The van der Waals surface area contributed by atoms with E-state index in [1.54, 1.807) is 18.3 Å². The minimum atomic E-state index is -0.313. The summed E-state index contributed by atoms with van der Waals surface area (Å²) >= 11 is 2.09. The van der Waals surface area contributed by atoms with E-state index in [2.05, 4.69) is 48.2 Å². The van der Waals surface area contributed by atoms with Crippen LogP contribution >= 0.6 is 22.6 Å². The Hall–Kier alpha value is -2.29. The van der Waals surface area contributed by atoms with Crippen molar-refractivity contribution in [2.75, 3.05) is 10.6 Å². The van der Waals surface area contributed by atoms with Crippen molar-refractivity contribution in [1.29, 1.82) is 0 Å². The average molecular weight is 489 g/mol. The molecule has 1 fully saturated rings. The quantitative estimate of drug-likeness (QED) is 0.446. The highest BCUT2D eigenvalue weighted by atomic mass is 127. The molecule has 0 radical (unpaired) electrons. The summed E-state index contributed by atoms with van der Waals surface area (Å²) in [6.45, 7) is 0. The molecule has 5 nitrogen and oxygen atoms in total. The number of rotatable bonds is 5. The zero-order valence-electron chi connectivity index (χ0n) is 15.3. The second-order valence-electron chi connectivity index (χ2n) is 6.91. The zero-order chi connectivity index (χ0) is 19.3. The third-order valence-corrected chi connectivity index (χ3v) is 5.46. The molecule has 2 N–H and O–H groups in total. The van der Waals surface area contributed by atoms with Crippen LogP contribution < -0.4 is 10.6 Å². The molecule has 2 heterocycles. The van der Waals surface area contributed by atoms with Gasteiger partial charge in [0.2, 0.25) is 5.95 Å². The number of nitrogens with one attached hydrogen (secondary N) is 2. The van der Waals surface area contributed by atoms with Crippen LogP contribution in [0, 0.1) is 9.39 Å². The van der Waals surface area contributed by atoms with Gasteiger partial charge in [-0.15, -0.1) is 0 Å². The van der Waals surface area contributed by atoms with Crippen molar-refractivity contribution >= 4 is 40.0 Å². The topological polar surface area (TPSA) is 62.7 Å². The van der Waals surface area contributed by atoms with Crippen LogP contribution in [-0.4, -0.2) is 21.0 Å². The molecule has 0 atom stereocenters. The summed E-state index contributed by atoms with van der Waals surface area (Å²) in [5.74, 6) is 0.768. The van der Waals surface area contributed by atoms with Gasteiger partial charge in [-0.25, -0.2) is 9.37 Å². The van der Waals surface area contributed by atoms with E-state index in [4.69, 9.17) is 0 Å². The molecule has 1 aromatic carbocycles. The van der Waals surface area contributed by atoms with Crippen molar-refractivity contribution < 1.29 is 4.39 Å². The molecule has 0 saturated heterocycles. The van der Waals surface area contributed by atoms with Crippen LogP contribution in [0.25, 0.3) is 11.4 Å². The third-order valence-electron chi connectivity index (χ3n) is 4.79. The van der Waals surface area contributed by atoms with Gasteiger partial charge in [0.05, 0.1) is 17.1 Å². The van der Waals surface area contributed by atoms with E-state index in [1.165, 1.54) is 25.3 Å². The monoisotopic (exact) mass is 489 g/mol. The van der Waals surface area contributed by atoms with Crippen LogP contribution in [0.2, 0.25) is 0 Å². The van der Waals surface area contributed by atoms with Crippen LogP contribution in [0.3, 0.4) is 0 Å². The Morgan fingerprint density at radius 3 is 2.57 bits per heavy atom. The van der Waals surface area contributed by atoms with E-state index in [0.29, 0.717) is 29.2 Å². The number of hydrogen-bond acceptors (Lipinski definition) is 5. The molecule has 1 aliphatic carbocycles. The van der Waals surface area contributed by atoms with Crippen molar-refractivity contribution in [3.8, 4) is 11.4 Å². The van der Waals surface area contributed by atoms with Gasteiger partial charge in [-0.05, 0) is 65.8 Å². The van der Waals surface area contributed by atoms with E-state index < -0.39 is 0 Å². The van der Waals surface area contributed by atoms with Gasteiger partial charge in [0.25, 0.3) is 0 Å². The lowest BCUT2D eigenvalue weighted by molar-refractivity contribution is 0.461. The molecule has 0 spiro atoms. The van der Waals surface area contributed by atoms with Gasteiger partial charge in [-0.2, -0.15) is 4.98 Å².